The van der Waals surface area contributed by atoms with Crippen LogP contribution in [-0.2, 0) is 22.7 Å². The molecule has 0 aliphatic carbocycles. The van der Waals surface area contributed by atoms with E-state index in [1.807, 2.05) is 36.4 Å². The molecule has 0 unspecified atom stereocenters. The summed E-state index contributed by atoms with van der Waals surface area (Å²) in [5.74, 6) is -0.576. The lowest BCUT2D eigenvalue weighted by molar-refractivity contribution is -0.122. The van der Waals surface area contributed by atoms with E-state index in [1.54, 1.807) is 36.0 Å². The van der Waals surface area contributed by atoms with Crippen molar-refractivity contribution in [1.82, 2.24) is 20.1 Å². The van der Waals surface area contributed by atoms with Gasteiger partial charge in [-0.15, -0.1) is 11.3 Å². The van der Waals surface area contributed by atoms with E-state index in [0.717, 1.165) is 16.1 Å². The third kappa shape index (κ3) is 6.23. The highest BCUT2D eigenvalue weighted by Gasteiger charge is 2.12. The van der Waals surface area contributed by atoms with Gasteiger partial charge in [0.25, 0.3) is 0 Å². The van der Waals surface area contributed by atoms with Crippen molar-refractivity contribution >= 4 is 34.6 Å². The topological polar surface area (TPSA) is 106 Å². The molecule has 0 radical (unpaired) electrons. The van der Waals surface area contributed by atoms with E-state index >= 15 is 0 Å². The Bertz CT molecular complexity index is 1270. The predicted molar refractivity (Wildman–Crippen MR) is 130 cm³/mol. The largest absolute Gasteiger partial charge is 0.350 e. The summed E-state index contributed by atoms with van der Waals surface area (Å²) in [4.78, 5) is 42.1. The molecular formula is C25H23N5O3S. The van der Waals surface area contributed by atoms with Crippen molar-refractivity contribution in [3.63, 3.8) is 0 Å². The van der Waals surface area contributed by atoms with Gasteiger partial charge in [0, 0.05) is 30.2 Å². The van der Waals surface area contributed by atoms with Crippen molar-refractivity contribution in [2.75, 3.05) is 5.32 Å². The van der Waals surface area contributed by atoms with Crippen LogP contribution in [0.25, 0.3) is 11.3 Å². The summed E-state index contributed by atoms with van der Waals surface area (Å²) in [6, 6.07) is 18.7. The van der Waals surface area contributed by atoms with Crippen LogP contribution in [0.4, 0.5) is 5.69 Å². The number of amides is 2. The zero-order chi connectivity index (χ0) is 23.8. The summed E-state index contributed by atoms with van der Waals surface area (Å²) >= 11 is 1.49. The number of hydrogen-bond acceptors (Lipinski definition) is 6. The predicted octanol–water partition coefficient (Wildman–Crippen LogP) is 3.92. The van der Waals surface area contributed by atoms with Crippen LogP contribution in [0.5, 0.6) is 0 Å². The van der Waals surface area contributed by atoms with Gasteiger partial charge in [-0.2, -0.15) is 5.10 Å². The van der Waals surface area contributed by atoms with Crippen LogP contribution in [0, 0.1) is 0 Å². The molecule has 172 valence electrons. The second-order valence-corrected chi connectivity index (χ2v) is 8.47. The molecule has 0 spiro atoms. The molecule has 0 atom stereocenters. The first-order chi connectivity index (χ1) is 16.6. The Morgan fingerprint density at radius 2 is 1.65 bits per heavy atom. The Morgan fingerprint density at radius 3 is 2.41 bits per heavy atom. The lowest BCUT2D eigenvalue weighted by Crippen LogP contribution is -2.27. The number of anilines is 1. The number of hydrogen-bond donors (Lipinski definition) is 2. The van der Waals surface area contributed by atoms with Gasteiger partial charge in [0.2, 0.25) is 11.8 Å². The third-order valence-corrected chi connectivity index (χ3v) is 5.86. The smallest absolute Gasteiger partial charge is 0.242 e. The molecule has 2 amide bonds. The zero-order valence-corrected chi connectivity index (χ0v) is 19.1. The Morgan fingerprint density at radius 1 is 0.912 bits per heavy atom. The second kappa shape index (κ2) is 11.2. The molecule has 2 aromatic heterocycles. The number of benzene rings is 2. The monoisotopic (exact) mass is 473 g/mol. The van der Waals surface area contributed by atoms with E-state index < -0.39 is 0 Å². The fraction of sp³-hybridized carbons (Fsp3) is 0.160. The normalized spacial score (nSPS) is 10.6. The number of ketones is 1. The SMILES string of the molecule is O=C(Cn1cc(NC(=O)CCC(=O)c2ccccc2)cn1)NCc1scnc1-c1ccccc1. The van der Waals surface area contributed by atoms with Crippen LogP contribution in [0.3, 0.4) is 0 Å². The van der Waals surface area contributed by atoms with Gasteiger partial charge in [0.15, 0.2) is 5.78 Å². The number of thiazole rings is 1. The van der Waals surface area contributed by atoms with Gasteiger partial charge in [-0.05, 0) is 0 Å². The number of nitrogens with zero attached hydrogens (tertiary/aromatic N) is 3. The molecular weight excluding hydrogens is 450 g/mol. The van der Waals surface area contributed by atoms with Crippen molar-refractivity contribution in [2.24, 2.45) is 0 Å². The third-order valence-electron chi connectivity index (χ3n) is 5.03. The highest BCUT2D eigenvalue weighted by molar-refractivity contribution is 7.10. The average molecular weight is 474 g/mol. The molecule has 0 aliphatic heterocycles. The zero-order valence-electron chi connectivity index (χ0n) is 18.3. The highest BCUT2D eigenvalue weighted by atomic mass is 32.1. The molecule has 0 fully saturated rings. The molecule has 0 bridgehead atoms. The van der Waals surface area contributed by atoms with Crippen molar-refractivity contribution in [2.45, 2.75) is 25.9 Å². The first-order valence-corrected chi connectivity index (χ1v) is 11.6. The molecule has 2 aromatic carbocycles. The molecule has 4 rings (SSSR count). The fourth-order valence-electron chi connectivity index (χ4n) is 3.34. The van der Waals surface area contributed by atoms with Crippen LogP contribution in [0.1, 0.15) is 28.1 Å². The Kier molecular flexibility index (Phi) is 7.56. The van der Waals surface area contributed by atoms with Crippen molar-refractivity contribution in [1.29, 1.82) is 0 Å². The van der Waals surface area contributed by atoms with E-state index in [2.05, 4.69) is 20.7 Å². The van der Waals surface area contributed by atoms with Gasteiger partial charge in [0.05, 0.1) is 34.5 Å². The summed E-state index contributed by atoms with van der Waals surface area (Å²) in [7, 11) is 0. The van der Waals surface area contributed by atoms with Crippen molar-refractivity contribution < 1.29 is 14.4 Å². The molecule has 0 saturated carbocycles. The molecule has 2 heterocycles. The van der Waals surface area contributed by atoms with Crippen molar-refractivity contribution in [3.05, 3.63) is 89.0 Å². The van der Waals surface area contributed by atoms with Crippen LogP contribution in [-0.4, -0.2) is 32.4 Å². The number of carbonyl (C=O) groups is 3. The lowest BCUT2D eigenvalue weighted by Gasteiger charge is -2.06. The van der Waals surface area contributed by atoms with Gasteiger partial charge < -0.3 is 10.6 Å². The van der Waals surface area contributed by atoms with E-state index in [0.29, 0.717) is 17.8 Å². The van der Waals surface area contributed by atoms with Gasteiger partial charge in [0.1, 0.15) is 6.54 Å². The van der Waals surface area contributed by atoms with Gasteiger partial charge in [-0.1, -0.05) is 60.7 Å². The van der Waals surface area contributed by atoms with Crippen molar-refractivity contribution in [3.8, 4) is 11.3 Å². The standard InChI is InChI=1S/C25H23N5O3S/c31-21(18-7-3-1-4-8-18)11-12-23(32)29-20-13-28-30(15-20)16-24(33)26-14-22-25(27-17-34-22)19-9-5-2-6-10-19/h1-10,13,15,17H,11-12,14,16H2,(H,26,33)(H,29,32). The number of rotatable bonds is 10. The summed E-state index contributed by atoms with van der Waals surface area (Å²) in [6.45, 7) is 0.385. The fourth-order valence-corrected chi connectivity index (χ4v) is 4.07. The van der Waals surface area contributed by atoms with Crippen LogP contribution in [0.2, 0.25) is 0 Å². The molecule has 2 N–H and O–H groups in total. The highest BCUT2D eigenvalue weighted by Crippen LogP contribution is 2.25. The average Bonchev–Trinajstić information content (AvgIpc) is 3.51. The minimum absolute atomic E-state index is 0.0157. The molecule has 0 saturated heterocycles. The maximum atomic E-state index is 12.4. The number of aromatic nitrogens is 3. The first-order valence-electron chi connectivity index (χ1n) is 10.7. The Hall–Kier alpha value is -4.11. The Labute approximate surface area is 200 Å². The van der Waals surface area contributed by atoms with E-state index in [9.17, 15) is 14.4 Å². The minimum Gasteiger partial charge on any atom is -0.350 e. The van der Waals surface area contributed by atoms with E-state index in [1.165, 1.54) is 22.2 Å². The summed E-state index contributed by atoms with van der Waals surface area (Å²) in [5, 5.41) is 9.72. The van der Waals surface area contributed by atoms with Crippen LogP contribution < -0.4 is 10.6 Å². The second-order valence-electron chi connectivity index (χ2n) is 7.53. The molecule has 8 nitrogen and oxygen atoms in total. The number of carbonyl (C=O) groups excluding carboxylic acids is 3. The maximum absolute atomic E-state index is 12.4. The summed E-state index contributed by atoms with van der Waals surface area (Å²) in [6.07, 6.45) is 3.24. The molecule has 0 aliphatic rings. The Balaban J connectivity index is 1.23. The minimum atomic E-state index is -0.285. The number of Topliss-reactive ketones (excluding diaryl/α,β-unsaturated/α-hetero) is 1. The van der Waals surface area contributed by atoms with Gasteiger partial charge in [-0.3, -0.25) is 19.1 Å². The lowest BCUT2D eigenvalue weighted by atomic mass is 10.1. The van der Waals surface area contributed by atoms with E-state index in [-0.39, 0.29) is 37.0 Å². The molecule has 9 heteroatoms. The van der Waals surface area contributed by atoms with Crippen LogP contribution >= 0.6 is 11.3 Å². The van der Waals surface area contributed by atoms with Gasteiger partial charge >= 0.3 is 0 Å². The summed E-state index contributed by atoms with van der Waals surface area (Å²) < 4.78 is 1.45. The van der Waals surface area contributed by atoms with E-state index in [4.69, 9.17) is 0 Å². The first kappa shape index (κ1) is 23.1. The quantitative estimate of drug-likeness (QED) is 0.340. The van der Waals surface area contributed by atoms with Gasteiger partial charge in [-0.25, -0.2) is 4.98 Å². The molecule has 34 heavy (non-hydrogen) atoms. The molecule has 4 aromatic rings. The maximum Gasteiger partial charge on any atom is 0.242 e. The summed E-state index contributed by atoms with van der Waals surface area (Å²) in [5.41, 5.74) is 4.69. The van der Waals surface area contributed by atoms with Crippen LogP contribution in [0.15, 0.2) is 78.6 Å². The number of nitrogens with one attached hydrogen (secondary N) is 2.